The summed E-state index contributed by atoms with van der Waals surface area (Å²) in [5.41, 5.74) is 2.31. The molecule has 1 aromatic heterocycles. The summed E-state index contributed by atoms with van der Waals surface area (Å²) in [4.78, 5) is 4.71. The molecule has 158 valence electrons. The van der Waals surface area contributed by atoms with Crippen molar-refractivity contribution in [2.24, 2.45) is 12.0 Å². The molecule has 0 saturated carbocycles. The lowest BCUT2D eigenvalue weighted by molar-refractivity contribution is 0.414. The fraction of sp³-hybridized carbons (Fsp3) is 0.318. The van der Waals surface area contributed by atoms with Gasteiger partial charge in [0.15, 0.2) is 11.8 Å². The van der Waals surface area contributed by atoms with E-state index >= 15 is 0 Å². The molecule has 0 radical (unpaired) electrons. The van der Waals surface area contributed by atoms with Crippen LogP contribution in [-0.2, 0) is 26.6 Å². The normalized spacial score (nSPS) is 11.4. The Balaban J connectivity index is 1.61. The highest BCUT2D eigenvalue weighted by Gasteiger charge is 2.06. The molecule has 30 heavy (non-hydrogen) atoms. The zero-order valence-corrected chi connectivity index (χ0v) is 18.3. The van der Waals surface area contributed by atoms with Crippen LogP contribution in [0.1, 0.15) is 22.8 Å². The highest BCUT2D eigenvalue weighted by molar-refractivity contribution is 6.30. The molecule has 0 atom stereocenters. The summed E-state index contributed by atoms with van der Waals surface area (Å²) in [6, 6.07) is 15.8. The van der Waals surface area contributed by atoms with E-state index in [0.717, 1.165) is 46.9 Å². The van der Waals surface area contributed by atoms with Gasteiger partial charge in [0.1, 0.15) is 11.6 Å². The van der Waals surface area contributed by atoms with Crippen molar-refractivity contribution >= 4 is 17.6 Å². The maximum Gasteiger partial charge on any atom is 0.191 e. The van der Waals surface area contributed by atoms with E-state index in [1.807, 2.05) is 54.9 Å². The molecule has 0 saturated heterocycles. The van der Waals surface area contributed by atoms with Crippen LogP contribution in [0.15, 0.2) is 53.5 Å². The number of methoxy groups -OCH3 is 1. The van der Waals surface area contributed by atoms with Crippen molar-refractivity contribution in [2.75, 3.05) is 13.7 Å². The molecule has 0 aliphatic heterocycles. The lowest BCUT2D eigenvalue weighted by Crippen LogP contribution is -2.38. The Morgan fingerprint density at radius 2 is 1.73 bits per heavy atom. The van der Waals surface area contributed by atoms with Crippen LogP contribution in [-0.4, -0.2) is 34.4 Å². The lowest BCUT2D eigenvalue weighted by Gasteiger charge is -2.13. The highest BCUT2D eigenvalue weighted by atomic mass is 35.5. The van der Waals surface area contributed by atoms with E-state index < -0.39 is 0 Å². The van der Waals surface area contributed by atoms with Crippen LogP contribution in [0.2, 0.25) is 5.02 Å². The Kier molecular flexibility index (Phi) is 7.68. The predicted molar refractivity (Wildman–Crippen MR) is 120 cm³/mol. The Labute approximate surface area is 182 Å². The predicted octanol–water partition coefficient (Wildman–Crippen LogP) is 3.26. The fourth-order valence-electron chi connectivity index (χ4n) is 2.82. The first-order valence-corrected chi connectivity index (χ1v) is 10.2. The number of ether oxygens (including phenoxy) is 1. The van der Waals surface area contributed by atoms with Crippen molar-refractivity contribution < 1.29 is 4.74 Å². The summed E-state index contributed by atoms with van der Waals surface area (Å²) in [6.07, 6.45) is 0.870. The number of hydrogen-bond acceptors (Lipinski definition) is 4. The molecule has 0 spiro atoms. The first-order chi connectivity index (χ1) is 14.5. The van der Waals surface area contributed by atoms with Gasteiger partial charge in [0, 0.05) is 18.6 Å². The van der Waals surface area contributed by atoms with E-state index in [4.69, 9.17) is 21.3 Å². The number of nitrogens with one attached hydrogen (secondary N) is 2. The van der Waals surface area contributed by atoms with E-state index in [2.05, 4.69) is 33.0 Å². The monoisotopic (exact) mass is 426 g/mol. The summed E-state index contributed by atoms with van der Waals surface area (Å²) in [5.74, 6) is 3.30. The number of aliphatic imine (C=N–C) groups is 1. The molecule has 0 unspecified atom stereocenters. The number of benzene rings is 2. The van der Waals surface area contributed by atoms with Gasteiger partial charge in [-0.15, -0.1) is 10.2 Å². The van der Waals surface area contributed by atoms with Crippen LogP contribution in [0.5, 0.6) is 5.75 Å². The number of guanidine groups is 1. The van der Waals surface area contributed by atoms with Crippen molar-refractivity contribution in [1.82, 2.24) is 25.4 Å². The molecule has 3 aromatic rings. The molecule has 3 rings (SSSR count). The minimum atomic E-state index is 0.534. The van der Waals surface area contributed by atoms with Crippen LogP contribution in [0.25, 0.3) is 0 Å². The van der Waals surface area contributed by atoms with Crippen LogP contribution in [0.4, 0.5) is 0 Å². The average molecular weight is 427 g/mol. The maximum atomic E-state index is 5.97. The third kappa shape index (κ3) is 6.22. The molecule has 1 heterocycles. The van der Waals surface area contributed by atoms with Crippen molar-refractivity contribution in [3.8, 4) is 5.75 Å². The Morgan fingerprint density at radius 3 is 2.37 bits per heavy atom. The average Bonchev–Trinajstić information content (AvgIpc) is 3.09. The topological polar surface area (TPSA) is 76.4 Å². The van der Waals surface area contributed by atoms with Gasteiger partial charge in [-0.2, -0.15) is 0 Å². The second-order valence-electron chi connectivity index (χ2n) is 6.89. The summed E-state index contributed by atoms with van der Waals surface area (Å²) in [7, 11) is 3.62. The Bertz CT molecular complexity index is 966. The van der Waals surface area contributed by atoms with Crippen molar-refractivity contribution in [2.45, 2.75) is 26.4 Å². The van der Waals surface area contributed by atoms with E-state index in [1.165, 1.54) is 5.56 Å². The van der Waals surface area contributed by atoms with Gasteiger partial charge in [0.05, 0.1) is 20.2 Å². The first kappa shape index (κ1) is 21.6. The van der Waals surface area contributed by atoms with Gasteiger partial charge in [-0.05, 0) is 48.7 Å². The molecule has 0 fully saturated rings. The van der Waals surface area contributed by atoms with E-state index in [-0.39, 0.29) is 0 Å². The molecule has 0 amide bonds. The molecule has 7 nitrogen and oxygen atoms in total. The highest BCUT2D eigenvalue weighted by Crippen LogP contribution is 2.12. The van der Waals surface area contributed by atoms with Crippen LogP contribution >= 0.6 is 11.6 Å². The van der Waals surface area contributed by atoms with Gasteiger partial charge in [-0.1, -0.05) is 35.9 Å². The number of nitrogens with zero attached hydrogens (tertiary/aromatic N) is 4. The minimum Gasteiger partial charge on any atom is -0.497 e. The molecule has 2 N–H and O–H groups in total. The van der Waals surface area contributed by atoms with E-state index in [0.29, 0.717) is 13.1 Å². The maximum absolute atomic E-state index is 5.97. The quantitative estimate of drug-likeness (QED) is 0.427. The SMILES string of the molecule is COc1ccc(CCNC(=NCc2ccc(Cl)cc2)NCc2nnc(C)n2C)cc1. The fourth-order valence-corrected chi connectivity index (χ4v) is 2.95. The standard InChI is InChI=1S/C22H27ClN6O/c1-16-27-28-21(29(16)2)15-26-22(25-14-18-4-8-19(23)9-5-18)24-13-12-17-6-10-20(30-3)11-7-17/h4-11H,12-15H2,1-3H3,(H2,24,25,26). The summed E-state index contributed by atoms with van der Waals surface area (Å²) in [5, 5.41) is 15.8. The van der Waals surface area contributed by atoms with Crippen LogP contribution in [0.3, 0.4) is 0 Å². The zero-order chi connectivity index (χ0) is 21.3. The Morgan fingerprint density at radius 1 is 1.03 bits per heavy atom. The van der Waals surface area contributed by atoms with Crippen molar-refractivity contribution in [1.29, 1.82) is 0 Å². The summed E-state index contributed by atoms with van der Waals surface area (Å²) >= 11 is 5.97. The van der Waals surface area contributed by atoms with E-state index in [1.54, 1.807) is 7.11 Å². The number of aryl methyl sites for hydroxylation is 1. The molecule has 8 heteroatoms. The van der Waals surface area contributed by atoms with Crippen LogP contribution < -0.4 is 15.4 Å². The van der Waals surface area contributed by atoms with Gasteiger partial charge in [0.2, 0.25) is 0 Å². The number of rotatable bonds is 8. The van der Waals surface area contributed by atoms with Gasteiger partial charge in [-0.25, -0.2) is 4.99 Å². The zero-order valence-electron chi connectivity index (χ0n) is 17.5. The lowest BCUT2D eigenvalue weighted by atomic mass is 10.1. The van der Waals surface area contributed by atoms with Crippen molar-refractivity contribution in [3.05, 3.63) is 76.3 Å². The second kappa shape index (κ2) is 10.6. The molecular weight excluding hydrogens is 400 g/mol. The molecule has 0 aliphatic carbocycles. The smallest absolute Gasteiger partial charge is 0.191 e. The number of hydrogen-bond donors (Lipinski definition) is 2. The van der Waals surface area contributed by atoms with Crippen LogP contribution in [0, 0.1) is 6.92 Å². The third-order valence-corrected chi connectivity index (χ3v) is 5.05. The molecule has 2 aromatic carbocycles. The largest absolute Gasteiger partial charge is 0.497 e. The number of aromatic nitrogens is 3. The van der Waals surface area contributed by atoms with E-state index in [9.17, 15) is 0 Å². The van der Waals surface area contributed by atoms with Gasteiger partial charge >= 0.3 is 0 Å². The molecule has 0 aliphatic rings. The summed E-state index contributed by atoms with van der Waals surface area (Å²) < 4.78 is 7.17. The van der Waals surface area contributed by atoms with Gasteiger partial charge in [-0.3, -0.25) is 0 Å². The first-order valence-electron chi connectivity index (χ1n) is 9.79. The number of halogens is 1. The van der Waals surface area contributed by atoms with Crippen molar-refractivity contribution in [3.63, 3.8) is 0 Å². The molecular formula is C22H27ClN6O. The van der Waals surface area contributed by atoms with Gasteiger partial charge < -0.3 is 19.9 Å². The minimum absolute atomic E-state index is 0.534. The Hall–Kier alpha value is -3.06. The van der Waals surface area contributed by atoms with Gasteiger partial charge in [0.25, 0.3) is 0 Å². The molecule has 0 bridgehead atoms. The second-order valence-corrected chi connectivity index (χ2v) is 7.33. The third-order valence-electron chi connectivity index (χ3n) is 4.79. The summed E-state index contributed by atoms with van der Waals surface area (Å²) in [6.45, 7) is 3.76.